The van der Waals surface area contributed by atoms with Gasteiger partial charge in [0, 0.05) is 19.6 Å². The van der Waals surface area contributed by atoms with Gasteiger partial charge in [0.1, 0.15) is 0 Å². The highest BCUT2D eigenvalue weighted by Crippen LogP contribution is 2.17. The van der Waals surface area contributed by atoms with Crippen molar-refractivity contribution in [2.45, 2.75) is 6.42 Å². The molecule has 3 nitrogen and oxygen atoms in total. The molecule has 0 atom stereocenters. The van der Waals surface area contributed by atoms with Gasteiger partial charge in [-0.3, -0.25) is 0 Å². The average Bonchev–Trinajstić information content (AvgIpc) is 1.94. The van der Waals surface area contributed by atoms with E-state index in [1.807, 2.05) is 7.05 Å². The third-order valence-electron chi connectivity index (χ3n) is 2.25. The van der Waals surface area contributed by atoms with Crippen LogP contribution in [0.4, 0.5) is 0 Å². The van der Waals surface area contributed by atoms with Gasteiger partial charge in [-0.1, -0.05) is 0 Å². The van der Waals surface area contributed by atoms with Crippen LogP contribution in [0, 0.1) is 5.92 Å². The Balaban J connectivity index is 1.92. The Bertz CT molecular complexity index is 102. The summed E-state index contributed by atoms with van der Waals surface area (Å²) in [5, 5.41) is 11.8. The maximum atomic E-state index is 8.61. The topological polar surface area (TPSA) is 35.5 Å². The van der Waals surface area contributed by atoms with Gasteiger partial charge in [-0.2, -0.15) is 0 Å². The zero-order chi connectivity index (χ0) is 8.10. The minimum atomic E-state index is 0.304. The van der Waals surface area contributed by atoms with Crippen LogP contribution in [-0.2, 0) is 0 Å². The predicted octanol–water partition coefficient (Wildman–Crippen LogP) is -0.480. The van der Waals surface area contributed by atoms with Crippen molar-refractivity contribution in [3.63, 3.8) is 0 Å². The molecule has 1 saturated heterocycles. The second-order valence-electron chi connectivity index (χ2n) is 3.24. The van der Waals surface area contributed by atoms with Gasteiger partial charge in [0.25, 0.3) is 0 Å². The summed E-state index contributed by atoms with van der Waals surface area (Å²) in [6.07, 6.45) is 1.28. The first-order chi connectivity index (χ1) is 5.36. The van der Waals surface area contributed by atoms with E-state index in [0.717, 1.165) is 19.0 Å². The molecule has 0 spiro atoms. The standard InChI is InChI=1S/C8H18N2O/c1-9-3-2-8-6-10(7-8)4-5-11/h8-9,11H,2-7H2,1H3. The molecule has 1 rings (SSSR count). The third kappa shape index (κ3) is 2.77. The van der Waals surface area contributed by atoms with E-state index in [1.54, 1.807) is 0 Å². The fourth-order valence-corrected chi connectivity index (χ4v) is 1.53. The van der Waals surface area contributed by atoms with Gasteiger partial charge < -0.3 is 15.3 Å². The molecule has 0 aromatic rings. The minimum Gasteiger partial charge on any atom is -0.395 e. The highest BCUT2D eigenvalue weighted by molar-refractivity contribution is 4.79. The van der Waals surface area contributed by atoms with Crippen molar-refractivity contribution in [2.24, 2.45) is 5.92 Å². The lowest BCUT2D eigenvalue weighted by molar-refractivity contribution is 0.0737. The highest BCUT2D eigenvalue weighted by atomic mass is 16.3. The van der Waals surface area contributed by atoms with Crippen LogP contribution in [0.3, 0.4) is 0 Å². The van der Waals surface area contributed by atoms with Gasteiger partial charge in [0.2, 0.25) is 0 Å². The Morgan fingerprint density at radius 1 is 1.55 bits per heavy atom. The van der Waals surface area contributed by atoms with Crippen molar-refractivity contribution >= 4 is 0 Å². The van der Waals surface area contributed by atoms with Crippen LogP contribution in [0.25, 0.3) is 0 Å². The van der Waals surface area contributed by atoms with Gasteiger partial charge in [-0.05, 0) is 25.9 Å². The maximum absolute atomic E-state index is 8.61. The molecule has 3 heteroatoms. The smallest absolute Gasteiger partial charge is 0.0558 e. The molecule has 1 aliphatic rings. The quantitative estimate of drug-likeness (QED) is 0.567. The van der Waals surface area contributed by atoms with Crippen LogP contribution in [0.2, 0.25) is 0 Å². The van der Waals surface area contributed by atoms with Crippen LogP contribution >= 0.6 is 0 Å². The molecule has 11 heavy (non-hydrogen) atoms. The summed E-state index contributed by atoms with van der Waals surface area (Å²) in [6, 6.07) is 0. The first-order valence-electron chi connectivity index (χ1n) is 4.34. The second-order valence-corrected chi connectivity index (χ2v) is 3.24. The average molecular weight is 158 g/mol. The summed E-state index contributed by atoms with van der Waals surface area (Å²) in [5.74, 6) is 0.869. The molecule has 66 valence electrons. The van der Waals surface area contributed by atoms with Crippen molar-refractivity contribution in [1.82, 2.24) is 10.2 Å². The number of likely N-dealkylation sites (tertiary alicyclic amines) is 1. The van der Waals surface area contributed by atoms with Crippen molar-refractivity contribution in [2.75, 3.05) is 39.8 Å². The van der Waals surface area contributed by atoms with Gasteiger partial charge in [0.15, 0.2) is 0 Å². The largest absolute Gasteiger partial charge is 0.395 e. The van der Waals surface area contributed by atoms with Gasteiger partial charge in [-0.15, -0.1) is 0 Å². The van der Waals surface area contributed by atoms with E-state index in [9.17, 15) is 0 Å². The molecule has 0 radical (unpaired) electrons. The lowest BCUT2D eigenvalue weighted by Crippen LogP contribution is -2.48. The van der Waals surface area contributed by atoms with Crippen LogP contribution in [0.5, 0.6) is 0 Å². The van der Waals surface area contributed by atoms with Crippen LogP contribution in [0.1, 0.15) is 6.42 Å². The highest BCUT2D eigenvalue weighted by Gasteiger charge is 2.24. The van der Waals surface area contributed by atoms with E-state index in [1.165, 1.54) is 19.5 Å². The van der Waals surface area contributed by atoms with Crippen LogP contribution < -0.4 is 5.32 Å². The molecule has 1 fully saturated rings. The van der Waals surface area contributed by atoms with E-state index in [4.69, 9.17) is 5.11 Å². The molecular weight excluding hydrogens is 140 g/mol. The Morgan fingerprint density at radius 2 is 2.27 bits per heavy atom. The summed E-state index contributed by atoms with van der Waals surface area (Å²) in [6.45, 7) is 4.65. The molecule has 1 heterocycles. The number of hydrogen-bond donors (Lipinski definition) is 2. The zero-order valence-corrected chi connectivity index (χ0v) is 7.21. The number of β-amino-alcohol motifs (C(OH)–C–C–N with tert-alkyl or cyclic N) is 1. The summed E-state index contributed by atoms with van der Waals surface area (Å²) in [5.41, 5.74) is 0. The van der Waals surface area contributed by atoms with Gasteiger partial charge in [-0.25, -0.2) is 0 Å². The maximum Gasteiger partial charge on any atom is 0.0558 e. The Kier molecular flexibility index (Phi) is 3.83. The molecule has 2 N–H and O–H groups in total. The normalized spacial score (nSPS) is 20.2. The van der Waals surface area contributed by atoms with E-state index in [2.05, 4.69) is 10.2 Å². The SMILES string of the molecule is CNCCC1CN(CCO)C1. The lowest BCUT2D eigenvalue weighted by atomic mass is 9.96. The first kappa shape index (κ1) is 8.97. The lowest BCUT2D eigenvalue weighted by Gasteiger charge is -2.38. The summed E-state index contributed by atoms with van der Waals surface area (Å²) < 4.78 is 0. The molecule has 0 aliphatic carbocycles. The minimum absolute atomic E-state index is 0.304. The number of aliphatic hydroxyl groups excluding tert-OH is 1. The monoisotopic (exact) mass is 158 g/mol. The number of nitrogens with zero attached hydrogens (tertiary/aromatic N) is 1. The first-order valence-corrected chi connectivity index (χ1v) is 4.34. The molecule has 0 unspecified atom stereocenters. The van der Waals surface area contributed by atoms with Crippen LogP contribution in [-0.4, -0.2) is 49.8 Å². The Hall–Kier alpha value is -0.120. The number of rotatable bonds is 5. The fourth-order valence-electron chi connectivity index (χ4n) is 1.53. The van der Waals surface area contributed by atoms with Crippen molar-refractivity contribution in [1.29, 1.82) is 0 Å². The van der Waals surface area contributed by atoms with Crippen molar-refractivity contribution < 1.29 is 5.11 Å². The molecule has 1 aliphatic heterocycles. The molecule has 0 bridgehead atoms. The Labute approximate surface area is 68.4 Å². The number of aliphatic hydroxyl groups is 1. The predicted molar refractivity (Wildman–Crippen MR) is 45.6 cm³/mol. The Morgan fingerprint density at radius 3 is 2.82 bits per heavy atom. The molecular formula is C8H18N2O. The van der Waals surface area contributed by atoms with E-state index < -0.39 is 0 Å². The number of hydrogen-bond acceptors (Lipinski definition) is 3. The molecule has 0 aromatic heterocycles. The van der Waals surface area contributed by atoms with E-state index in [0.29, 0.717) is 6.61 Å². The molecule has 0 amide bonds. The van der Waals surface area contributed by atoms with Gasteiger partial charge in [0.05, 0.1) is 6.61 Å². The molecule has 0 saturated carbocycles. The third-order valence-corrected chi connectivity index (χ3v) is 2.25. The summed E-state index contributed by atoms with van der Waals surface area (Å²) >= 11 is 0. The molecule has 0 aromatic carbocycles. The van der Waals surface area contributed by atoms with Crippen LogP contribution in [0.15, 0.2) is 0 Å². The zero-order valence-electron chi connectivity index (χ0n) is 7.21. The summed E-state index contributed by atoms with van der Waals surface area (Å²) in [7, 11) is 1.99. The second kappa shape index (κ2) is 4.70. The van der Waals surface area contributed by atoms with E-state index >= 15 is 0 Å². The number of nitrogens with one attached hydrogen (secondary N) is 1. The van der Waals surface area contributed by atoms with Crippen molar-refractivity contribution in [3.8, 4) is 0 Å². The van der Waals surface area contributed by atoms with E-state index in [-0.39, 0.29) is 0 Å². The van der Waals surface area contributed by atoms with Crippen molar-refractivity contribution in [3.05, 3.63) is 0 Å². The fraction of sp³-hybridized carbons (Fsp3) is 1.00. The summed E-state index contributed by atoms with van der Waals surface area (Å²) in [4.78, 5) is 2.29. The van der Waals surface area contributed by atoms with Gasteiger partial charge >= 0.3 is 0 Å².